The summed E-state index contributed by atoms with van der Waals surface area (Å²) in [5.41, 5.74) is 1.55. The highest BCUT2D eigenvalue weighted by molar-refractivity contribution is 6.04. The number of methoxy groups -OCH3 is 1. The van der Waals surface area contributed by atoms with Crippen LogP contribution in [0.25, 0.3) is 0 Å². The van der Waals surface area contributed by atoms with E-state index in [1.54, 1.807) is 18.7 Å². The van der Waals surface area contributed by atoms with Crippen molar-refractivity contribution in [1.82, 2.24) is 14.5 Å². The zero-order chi connectivity index (χ0) is 24.1. The number of aromatic nitrogens is 3. The molecule has 1 saturated heterocycles. The number of carbonyl (C=O) groups excluding carboxylic acids is 1. The van der Waals surface area contributed by atoms with Crippen molar-refractivity contribution in [1.29, 1.82) is 0 Å². The second-order valence-electron chi connectivity index (χ2n) is 10.5. The standard InChI is InChI=1S/C24H36N4O5/c1-13-19(22(29)25-20-14(2)27(6)28(23(20)30)15-9-8-10-15)26-33-21(13)17-11-16(31-7)12-18(32-17)24(3,4)5/h15-18H,8-12H2,1-7H3,(H,25,29)/t16-,17+,18-/m1/s1. The third-order valence-electron chi connectivity index (χ3n) is 7.30. The first-order valence-electron chi connectivity index (χ1n) is 11.8. The first kappa shape index (κ1) is 23.8. The molecule has 182 valence electrons. The number of nitrogens with one attached hydrogen (secondary N) is 1. The number of carbonyl (C=O) groups is 1. The number of rotatable bonds is 5. The summed E-state index contributed by atoms with van der Waals surface area (Å²) < 4.78 is 21.2. The van der Waals surface area contributed by atoms with Gasteiger partial charge in [0.2, 0.25) is 0 Å². The number of ether oxygens (including phenoxy) is 2. The maximum absolute atomic E-state index is 13.1. The average molecular weight is 461 g/mol. The summed E-state index contributed by atoms with van der Waals surface area (Å²) in [6.45, 7) is 10.0. The van der Waals surface area contributed by atoms with E-state index in [4.69, 9.17) is 14.0 Å². The van der Waals surface area contributed by atoms with Crippen LogP contribution in [0.5, 0.6) is 0 Å². The average Bonchev–Trinajstić information content (AvgIpc) is 3.20. The number of amides is 1. The van der Waals surface area contributed by atoms with Gasteiger partial charge in [0.05, 0.1) is 23.9 Å². The predicted octanol–water partition coefficient (Wildman–Crippen LogP) is 4.05. The van der Waals surface area contributed by atoms with Gasteiger partial charge in [0.25, 0.3) is 11.5 Å². The Kier molecular flexibility index (Phi) is 6.30. The number of hydrogen-bond acceptors (Lipinski definition) is 6. The van der Waals surface area contributed by atoms with Crippen LogP contribution in [-0.2, 0) is 16.5 Å². The van der Waals surface area contributed by atoms with Crippen LogP contribution in [0.2, 0.25) is 0 Å². The van der Waals surface area contributed by atoms with Gasteiger partial charge < -0.3 is 19.3 Å². The van der Waals surface area contributed by atoms with Crippen molar-refractivity contribution in [3.05, 3.63) is 33.1 Å². The summed E-state index contributed by atoms with van der Waals surface area (Å²) in [5.74, 6) is 0.0772. The molecule has 9 heteroatoms. The molecule has 0 radical (unpaired) electrons. The first-order valence-corrected chi connectivity index (χ1v) is 11.8. The van der Waals surface area contributed by atoms with Crippen LogP contribution < -0.4 is 10.9 Å². The summed E-state index contributed by atoms with van der Waals surface area (Å²) in [4.78, 5) is 26.1. The maximum atomic E-state index is 13.1. The Morgan fingerprint density at radius 3 is 2.48 bits per heavy atom. The van der Waals surface area contributed by atoms with E-state index in [2.05, 4.69) is 31.2 Å². The van der Waals surface area contributed by atoms with Gasteiger partial charge in [-0.25, -0.2) is 4.68 Å². The molecular formula is C24H36N4O5. The molecule has 1 aliphatic heterocycles. The molecule has 0 spiro atoms. The van der Waals surface area contributed by atoms with Crippen LogP contribution in [0.4, 0.5) is 5.69 Å². The van der Waals surface area contributed by atoms with Crippen molar-refractivity contribution in [3.8, 4) is 0 Å². The second-order valence-corrected chi connectivity index (χ2v) is 10.5. The molecule has 9 nitrogen and oxygen atoms in total. The molecule has 2 aromatic rings. The Hall–Kier alpha value is -2.39. The summed E-state index contributed by atoms with van der Waals surface area (Å²) in [6, 6.07) is 0.195. The zero-order valence-electron chi connectivity index (χ0n) is 20.7. The minimum atomic E-state index is -0.458. The molecule has 0 bridgehead atoms. The highest BCUT2D eigenvalue weighted by Crippen LogP contribution is 2.40. The quantitative estimate of drug-likeness (QED) is 0.722. The smallest absolute Gasteiger partial charge is 0.291 e. The molecule has 2 aliphatic rings. The maximum Gasteiger partial charge on any atom is 0.291 e. The van der Waals surface area contributed by atoms with Crippen LogP contribution >= 0.6 is 0 Å². The SMILES string of the molecule is CO[C@@H]1C[C@@H](c2onc(C(=O)Nc3c(C)n(C)n(C4CCC4)c3=O)c2C)O[C@@H](C(C)(C)C)C1. The van der Waals surface area contributed by atoms with Crippen molar-refractivity contribution >= 4 is 11.6 Å². The van der Waals surface area contributed by atoms with Crippen LogP contribution in [-0.4, -0.2) is 39.7 Å². The van der Waals surface area contributed by atoms with Crippen LogP contribution in [0.15, 0.2) is 9.32 Å². The Morgan fingerprint density at radius 2 is 1.91 bits per heavy atom. The molecule has 33 heavy (non-hydrogen) atoms. The van der Waals surface area contributed by atoms with E-state index in [0.29, 0.717) is 29.1 Å². The van der Waals surface area contributed by atoms with Crippen molar-refractivity contribution in [2.45, 2.75) is 91.1 Å². The van der Waals surface area contributed by atoms with Crippen molar-refractivity contribution in [2.75, 3.05) is 12.4 Å². The molecule has 1 N–H and O–H groups in total. The predicted molar refractivity (Wildman–Crippen MR) is 124 cm³/mol. The Bertz CT molecular complexity index is 1090. The highest BCUT2D eigenvalue weighted by atomic mass is 16.5. The van der Waals surface area contributed by atoms with E-state index in [0.717, 1.165) is 25.7 Å². The second kappa shape index (κ2) is 8.76. The molecular weight excluding hydrogens is 424 g/mol. The van der Waals surface area contributed by atoms with E-state index in [1.165, 1.54) is 0 Å². The fraction of sp³-hybridized carbons (Fsp3) is 0.708. The van der Waals surface area contributed by atoms with E-state index in [-0.39, 0.29) is 41.0 Å². The van der Waals surface area contributed by atoms with E-state index in [1.807, 2.05) is 18.7 Å². The third-order valence-corrected chi connectivity index (χ3v) is 7.30. The van der Waals surface area contributed by atoms with Gasteiger partial charge in [-0.1, -0.05) is 25.9 Å². The van der Waals surface area contributed by atoms with E-state index in [9.17, 15) is 9.59 Å². The molecule has 2 fully saturated rings. The van der Waals surface area contributed by atoms with Crippen LogP contribution in [0, 0.1) is 19.3 Å². The minimum Gasteiger partial charge on any atom is -0.381 e. The Morgan fingerprint density at radius 1 is 1.21 bits per heavy atom. The van der Waals surface area contributed by atoms with E-state index >= 15 is 0 Å². The summed E-state index contributed by atoms with van der Waals surface area (Å²) in [7, 11) is 3.56. The molecule has 2 aromatic heterocycles. The molecule has 4 rings (SSSR count). The molecule has 0 unspecified atom stereocenters. The van der Waals surface area contributed by atoms with Gasteiger partial charge in [0.15, 0.2) is 11.5 Å². The molecule has 0 aromatic carbocycles. The van der Waals surface area contributed by atoms with Crippen molar-refractivity contribution < 1.29 is 18.8 Å². The Labute approximate surface area is 194 Å². The fourth-order valence-electron chi connectivity index (χ4n) is 4.75. The third kappa shape index (κ3) is 4.28. The molecule has 1 amide bonds. The lowest BCUT2D eigenvalue weighted by Gasteiger charge is -2.40. The van der Waals surface area contributed by atoms with Crippen molar-refractivity contribution in [2.24, 2.45) is 12.5 Å². The molecule has 1 saturated carbocycles. The number of anilines is 1. The van der Waals surface area contributed by atoms with Gasteiger partial charge >= 0.3 is 0 Å². The van der Waals surface area contributed by atoms with Gasteiger partial charge in [-0.2, -0.15) is 0 Å². The lowest BCUT2D eigenvalue weighted by atomic mass is 9.82. The normalized spacial score (nSPS) is 24.0. The summed E-state index contributed by atoms with van der Waals surface area (Å²) in [6.07, 6.45) is 4.18. The van der Waals surface area contributed by atoms with Crippen LogP contribution in [0.1, 0.15) is 92.5 Å². The van der Waals surface area contributed by atoms with E-state index < -0.39 is 5.91 Å². The number of hydrogen-bond donors (Lipinski definition) is 1. The topological polar surface area (TPSA) is 101 Å². The van der Waals surface area contributed by atoms with Crippen molar-refractivity contribution in [3.63, 3.8) is 0 Å². The molecule has 1 aliphatic carbocycles. The van der Waals surface area contributed by atoms with Gasteiger partial charge in [-0.05, 0) is 38.5 Å². The lowest BCUT2D eigenvalue weighted by molar-refractivity contribution is -0.150. The zero-order valence-corrected chi connectivity index (χ0v) is 20.7. The highest BCUT2D eigenvalue weighted by Gasteiger charge is 2.39. The monoisotopic (exact) mass is 460 g/mol. The van der Waals surface area contributed by atoms with Crippen LogP contribution in [0.3, 0.4) is 0 Å². The summed E-state index contributed by atoms with van der Waals surface area (Å²) in [5, 5.41) is 6.84. The van der Waals surface area contributed by atoms with Gasteiger partial charge in [-0.3, -0.25) is 14.3 Å². The lowest BCUT2D eigenvalue weighted by Crippen LogP contribution is -2.40. The minimum absolute atomic E-state index is 0.0140. The molecule has 3 heterocycles. The fourth-order valence-corrected chi connectivity index (χ4v) is 4.75. The largest absolute Gasteiger partial charge is 0.381 e. The molecule has 3 atom stereocenters. The first-order chi connectivity index (χ1) is 15.5. The van der Waals surface area contributed by atoms with Gasteiger partial charge in [-0.15, -0.1) is 0 Å². The summed E-state index contributed by atoms with van der Waals surface area (Å²) >= 11 is 0. The number of nitrogens with zero attached hydrogens (tertiary/aromatic N) is 3. The van der Waals surface area contributed by atoms with Gasteiger partial charge in [0, 0.05) is 32.6 Å². The van der Waals surface area contributed by atoms with Gasteiger partial charge in [0.1, 0.15) is 11.8 Å². The Balaban J connectivity index is 1.57.